The van der Waals surface area contributed by atoms with Crippen molar-refractivity contribution in [3.05, 3.63) is 30.1 Å². The summed E-state index contributed by atoms with van der Waals surface area (Å²) in [6.07, 6.45) is 9.35. The van der Waals surface area contributed by atoms with Crippen molar-refractivity contribution in [2.24, 2.45) is 11.8 Å². The van der Waals surface area contributed by atoms with Crippen LogP contribution < -0.4 is 0 Å². The lowest BCUT2D eigenvalue weighted by Gasteiger charge is -2.36. The van der Waals surface area contributed by atoms with E-state index in [1.54, 1.807) is 0 Å². The topological polar surface area (TPSA) is 16.1 Å². The molecule has 2 heteroatoms. The van der Waals surface area contributed by atoms with E-state index in [0.717, 1.165) is 24.4 Å². The molecule has 0 radical (unpaired) electrons. The number of hydrogen-bond acceptors (Lipinski definition) is 2. The Morgan fingerprint density at radius 3 is 2.56 bits per heavy atom. The third-order valence-corrected chi connectivity index (χ3v) is 4.46. The Bertz CT molecular complexity index is 339. The minimum absolute atomic E-state index is 0.764. The first-order valence-electron chi connectivity index (χ1n) is 7.26. The van der Waals surface area contributed by atoms with Gasteiger partial charge in [0.2, 0.25) is 0 Å². The Morgan fingerprint density at radius 1 is 1.28 bits per heavy atom. The molecule has 0 aliphatic heterocycles. The molecule has 1 aliphatic carbocycles. The summed E-state index contributed by atoms with van der Waals surface area (Å²) in [5.41, 5.74) is 1.32. The molecule has 1 saturated carbocycles. The standard InChI is InChI=1S/C16H26N2/c1-13(2)15-6-8-16(9-7-15)18(3)12-14-5-4-10-17-11-14/h4-5,10-11,13,15-16H,6-9,12H2,1-3H3/t15-,16-. The molecule has 0 saturated heterocycles. The van der Waals surface area contributed by atoms with Crippen molar-refractivity contribution in [1.82, 2.24) is 9.88 Å². The van der Waals surface area contributed by atoms with E-state index in [1.165, 1.54) is 31.2 Å². The average molecular weight is 246 g/mol. The first-order valence-corrected chi connectivity index (χ1v) is 7.26. The summed E-state index contributed by atoms with van der Waals surface area (Å²) in [5.74, 6) is 1.81. The zero-order chi connectivity index (χ0) is 13.0. The zero-order valence-electron chi connectivity index (χ0n) is 12.0. The second-order valence-corrected chi connectivity index (χ2v) is 6.09. The molecule has 1 aromatic heterocycles. The Balaban J connectivity index is 1.82. The average Bonchev–Trinajstić information content (AvgIpc) is 2.40. The monoisotopic (exact) mass is 246 g/mol. The third kappa shape index (κ3) is 3.55. The normalized spacial score (nSPS) is 24.7. The fourth-order valence-corrected chi connectivity index (χ4v) is 3.12. The van der Waals surface area contributed by atoms with Gasteiger partial charge in [0.1, 0.15) is 0 Å². The summed E-state index contributed by atoms with van der Waals surface area (Å²) < 4.78 is 0. The minimum atomic E-state index is 0.764. The molecule has 0 N–H and O–H groups in total. The molecule has 0 spiro atoms. The van der Waals surface area contributed by atoms with Crippen molar-refractivity contribution < 1.29 is 0 Å². The predicted octanol–water partition coefficient (Wildman–Crippen LogP) is 3.73. The van der Waals surface area contributed by atoms with Crippen LogP contribution in [-0.4, -0.2) is 23.0 Å². The van der Waals surface area contributed by atoms with Crippen molar-refractivity contribution in [2.75, 3.05) is 7.05 Å². The second kappa shape index (κ2) is 6.33. The molecule has 1 fully saturated rings. The van der Waals surface area contributed by atoms with Crippen LogP contribution in [0, 0.1) is 11.8 Å². The van der Waals surface area contributed by atoms with Gasteiger partial charge in [0, 0.05) is 25.0 Å². The SMILES string of the molecule is CC(C)[C@H]1CC[C@H](N(C)Cc2cccnc2)CC1. The van der Waals surface area contributed by atoms with Crippen molar-refractivity contribution in [3.8, 4) is 0 Å². The molecule has 1 aromatic rings. The Labute approximate surface area is 111 Å². The Hall–Kier alpha value is -0.890. The molecule has 0 bridgehead atoms. The maximum atomic E-state index is 4.19. The Morgan fingerprint density at radius 2 is 2.00 bits per heavy atom. The van der Waals surface area contributed by atoms with Crippen molar-refractivity contribution in [3.63, 3.8) is 0 Å². The molecule has 0 unspecified atom stereocenters. The van der Waals surface area contributed by atoms with E-state index in [9.17, 15) is 0 Å². The Kier molecular flexibility index (Phi) is 4.76. The van der Waals surface area contributed by atoms with E-state index < -0.39 is 0 Å². The molecule has 1 aliphatic rings. The number of aromatic nitrogens is 1. The lowest BCUT2D eigenvalue weighted by atomic mass is 9.79. The highest BCUT2D eigenvalue weighted by molar-refractivity contribution is 5.08. The summed E-state index contributed by atoms with van der Waals surface area (Å²) in [6.45, 7) is 5.76. The number of pyridine rings is 1. The molecule has 100 valence electrons. The van der Waals surface area contributed by atoms with Crippen LogP contribution in [-0.2, 0) is 6.54 Å². The predicted molar refractivity (Wildman–Crippen MR) is 76.3 cm³/mol. The fraction of sp³-hybridized carbons (Fsp3) is 0.688. The highest BCUT2D eigenvalue weighted by atomic mass is 15.1. The smallest absolute Gasteiger partial charge is 0.0312 e. The molecule has 18 heavy (non-hydrogen) atoms. The lowest BCUT2D eigenvalue weighted by Crippen LogP contribution is -2.35. The molecule has 0 atom stereocenters. The molecular formula is C16H26N2. The van der Waals surface area contributed by atoms with Crippen molar-refractivity contribution >= 4 is 0 Å². The highest BCUT2D eigenvalue weighted by Gasteiger charge is 2.25. The van der Waals surface area contributed by atoms with E-state index in [0.29, 0.717) is 0 Å². The molecule has 0 amide bonds. The number of nitrogens with zero attached hydrogens (tertiary/aromatic N) is 2. The van der Waals surface area contributed by atoms with Gasteiger partial charge in [-0.2, -0.15) is 0 Å². The van der Waals surface area contributed by atoms with Gasteiger partial charge in [-0.25, -0.2) is 0 Å². The van der Waals surface area contributed by atoms with E-state index in [-0.39, 0.29) is 0 Å². The van der Waals surface area contributed by atoms with E-state index in [1.807, 2.05) is 18.5 Å². The minimum Gasteiger partial charge on any atom is -0.299 e. The van der Waals surface area contributed by atoms with Gasteiger partial charge in [-0.05, 0) is 56.2 Å². The summed E-state index contributed by atoms with van der Waals surface area (Å²) >= 11 is 0. The summed E-state index contributed by atoms with van der Waals surface area (Å²) in [6, 6.07) is 4.96. The maximum Gasteiger partial charge on any atom is 0.0312 e. The van der Waals surface area contributed by atoms with Crippen molar-refractivity contribution in [2.45, 2.75) is 52.1 Å². The highest BCUT2D eigenvalue weighted by Crippen LogP contribution is 2.32. The maximum absolute atomic E-state index is 4.19. The largest absolute Gasteiger partial charge is 0.299 e. The summed E-state index contributed by atoms with van der Waals surface area (Å²) in [5, 5.41) is 0. The van der Waals surface area contributed by atoms with E-state index in [4.69, 9.17) is 0 Å². The first kappa shape index (κ1) is 13.5. The number of rotatable bonds is 4. The molecule has 0 aromatic carbocycles. The van der Waals surface area contributed by atoms with E-state index >= 15 is 0 Å². The van der Waals surface area contributed by atoms with Crippen LogP contribution in [0.5, 0.6) is 0 Å². The van der Waals surface area contributed by atoms with Gasteiger partial charge in [0.05, 0.1) is 0 Å². The molecular weight excluding hydrogens is 220 g/mol. The molecule has 1 heterocycles. The van der Waals surface area contributed by atoms with Crippen molar-refractivity contribution in [1.29, 1.82) is 0 Å². The zero-order valence-corrected chi connectivity index (χ0v) is 12.0. The second-order valence-electron chi connectivity index (χ2n) is 6.09. The van der Waals surface area contributed by atoms with Crippen LogP contribution in [0.25, 0.3) is 0 Å². The van der Waals surface area contributed by atoms with Gasteiger partial charge in [0.15, 0.2) is 0 Å². The van der Waals surface area contributed by atoms with Gasteiger partial charge >= 0.3 is 0 Å². The van der Waals surface area contributed by atoms with Crippen LogP contribution in [0.3, 0.4) is 0 Å². The van der Waals surface area contributed by atoms with Gasteiger partial charge in [0.25, 0.3) is 0 Å². The van der Waals surface area contributed by atoms with Crippen LogP contribution in [0.4, 0.5) is 0 Å². The molecule has 2 rings (SSSR count). The quantitative estimate of drug-likeness (QED) is 0.804. The van der Waals surface area contributed by atoms with E-state index in [2.05, 4.69) is 36.8 Å². The first-order chi connectivity index (χ1) is 8.66. The van der Waals surface area contributed by atoms with Gasteiger partial charge in [-0.3, -0.25) is 9.88 Å². The van der Waals surface area contributed by atoms with Crippen LogP contribution >= 0.6 is 0 Å². The van der Waals surface area contributed by atoms with Gasteiger partial charge < -0.3 is 0 Å². The summed E-state index contributed by atoms with van der Waals surface area (Å²) in [4.78, 5) is 6.70. The lowest BCUT2D eigenvalue weighted by molar-refractivity contribution is 0.142. The number of hydrogen-bond donors (Lipinski definition) is 0. The van der Waals surface area contributed by atoms with Crippen LogP contribution in [0.15, 0.2) is 24.5 Å². The van der Waals surface area contributed by atoms with Crippen LogP contribution in [0.1, 0.15) is 45.1 Å². The fourth-order valence-electron chi connectivity index (χ4n) is 3.12. The van der Waals surface area contributed by atoms with Gasteiger partial charge in [-0.1, -0.05) is 19.9 Å². The third-order valence-electron chi connectivity index (χ3n) is 4.46. The van der Waals surface area contributed by atoms with Crippen LogP contribution in [0.2, 0.25) is 0 Å². The molecule has 2 nitrogen and oxygen atoms in total. The van der Waals surface area contributed by atoms with Gasteiger partial charge in [-0.15, -0.1) is 0 Å². The summed E-state index contributed by atoms with van der Waals surface area (Å²) in [7, 11) is 2.26.